The number of carbonyl (C=O) groups is 1. The van der Waals surface area contributed by atoms with Gasteiger partial charge < -0.3 is 4.90 Å². The van der Waals surface area contributed by atoms with Crippen molar-refractivity contribution in [2.45, 2.75) is 20.4 Å². The van der Waals surface area contributed by atoms with Crippen molar-refractivity contribution in [1.82, 2.24) is 4.90 Å². The second kappa shape index (κ2) is 6.74. The third-order valence-electron chi connectivity index (χ3n) is 2.93. The van der Waals surface area contributed by atoms with Gasteiger partial charge in [0.2, 0.25) is 0 Å². The first-order valence-electron chi connectivity index (χ1n) is 6.30. The van der Waals surface area contributed by atoms with Crippen LogP contribution in [0, 0.1) is 6.92 Å². The smallest absolute Gasteiger partial charge is 0.254 e. The van der Waals surface area contributed by atoms with Crippen molar-refractivity contribution in [1.29, 1.82) is 0 Å². The van der Waals surface area contributed by atoms with E-state index >= 15 is 0 Å². The Morgan fingerprint density at radius 2 is 2.10 bits per heavy atom. The van der Waals surface area contributed by atoms with Gasteiger partial charge in [-0.15, -0.1) is 11.3 Å². The minimum absolute atomic E-state index is 0.0430. The zero-order valence-electron chi connectivity index (χ0n) is 11.3. The van der Waals surface area contributed by atoms with Crippen molar-refractivity contribution in [3.63, 3.8) is 0 Å². The summed E-state index contributed by atoms with van der Waals surface area (Å²) in [7, 11) is 0. The number of nitrogens with zero attached hydrogens (tertiary/aromatic N) is 1. The molecule has 0 spiro atoms. The lowest BCUT2D eigenvalue weighted by molar-refractivity contribution is 0.0754. The SMILES string of the molecule is CCN(Cc1ccc(Cl)s1)C(=O)c1cc(C)cc(Br)c1. The van der Waals surface area contributed by atoms with Crippen molar-refractivity contribution >= 4 is 44.8 Å². The topological polar surface area (TPSA) is 20.3 Å². The molecule has 0 aliphatic carbocycles. The first-order valence-corrected chi connectivity index (χ1v) is 8.29. The molecule has 0 aliphatic rings. The molecule has 5 heteroatoms. The van der Waals surface area contributed by atoms with Gasteiger partial charge in [-0.25, -0.2) is 0 Å². The maximum Gasteiger partial charge on any atom is 0.254 e. The molecule has 2 nitrogen and oxygen atoms in total. The molecule has 1 aromatic carbocycles. The lowest BCUT2D eigenvalue weighted by atomic mass is 10.1. The molecule has 0 saturated carbocycles. The van der Waals surface area contributed by atoms with Crippen molar-refractivity contribution in [3.8, 4) is 0 Å². The summed E-state index contributed by atoms with van der Waals surface area (Å²) in [5.41, 5.74) is 1.78. The van der Waals surface area contributed by atoms with Gasteiger partial charge in [-0.3, -0.25) is 4.79 Å². The number of rotatable bonds is 4. The molecule has 2 rings (SSSR count). The number of carbonyl (C=O) groups excluding carboxylic acids is 1. The highest BCUT2D eigenvalue weighted by molar-refractivity contribution is 9.10. The molecule has 1 heterocycles. The Kier molecular flexibility index (Phi) is 5.24. The summed E-state index contributed by atoms with van der Waals surface area (Å²) in [6, 6.07) is 9.60. The second-order valence-electron chi connectivity index (χ2n) is 4.54. The molecule has 1 aromatic heterocycles. The minimum atomic E-state index is 0.0430. The molecule has 0 fully saturated rings. The molecule has 0 saturated heterocycles. The Morgan fingerprint density at radius 1 is 1.35 bits per heavy atom. The molecule has 0 radical (unpaired) electrons. The number of hydrogen-bond acceptors (Lipinski definition) is 2. The van der Waals surface area contributed by atoms with Crippen LogP contribution in [-0.4, -0.2) is 17.4 Å². The van der Waals surface area contributed by atoms with E-state index in [9.17, 15) is 4.79 Å². The Hall–Kier alpha value is -0.840. The minimum Gasteiger partial charge on any atom is -0.334 e. The lowest BCUT2D eigenvalue weighted by Crippen LogP contribution is -2.30. The van der Waals surface area contributed by atoms with Crippen LogP contribution in [0.15, 0.2) is 34.8 Å². The van der Waals surface area contributed by atoms with Crippen LogP contribution in [0.4, 0.5) is 0 Å². The highest BCUT2D eigenvalue weighted by Gasteiger charge is 2.16. The largest absolute Gasteiger partial charge is 0.334 e. The zero-order valence-corrected chi connectivity index (χ0v) is 14.5. The molecule has 0 N–H and O–H groups in total. The molecule has 1 amide bonds. The summed E-state index contributed by atoms with van der Waals surface area (Å²) >= 11 is 10.9. The van der Waals surface area contributed by atoms with E-state index in [1.807, 2.05) is 49.1 Å². The molecule has 0 aliphatic heterocycles. The van der Waals surface area contributed by atoms with Gasteiger partial charge in [0.05, 0.1) is 10.9 Å². The van der Waals surface area contributed by atoms with Gasteiger partial charge in [0.1, 0.15) is 0 Å². The second-order valence-corrected chi connectivity index (χ2v) is 7.26. The van der Waals surface area contributed by atoms with Crippen LogP contribution < -0.4 is 0 Å². The van der Waals surface area contributed by atoms with Gasteiger partial charge in [-0.1, -0.05) is 27.5 Å². The number of thiophene rings is 1. The number of halogens is 2. The normalized spacial score (nSPS) is 10.6. The van der Waals surface area contributed by atoms with E-state index in [0.717, 1.165) is 19.2 Å². The maximum atomic E-state index is 12.6. The summed E-state index contributed by atoms with van der Waals surface area (Å²) in [6.45, 7) is 5.23. The lowest BCUT2D eigenvalue weighted by Gasteiger charge is -2.20. The maximum absolute atomic E-state index is 12.6. The van der Waals surface area contributed by atoms with Gasteiger partial charge in [0.15, 0.2) is 0 Å². The van der Waals surface area contributed by atoms with Gasteiger partial charge >= 0.3 is 0 Å². The first kappa shape index (κ1) is 15.5. The fraction of sp³-hybridized carbons (Fsp3) is 0.267. The van der Waals surface area contributed by atoms with Crippen molar-refractivity contribution < 1.29 is 4.79 Å². The Labute approximate surface area is 136 Å². The number of amides is 1. The molecular formula is C15H15BrClNOS. The van der Waals surface area contributed by atoms with Crippen LogP contribution in [0.1, 0.15) is 27.7 Å². The third-order valence-corrected chi connectivity index (χ3v) is 4.61. The average Bonchev–Trinajstić information content (AvgIpc) is 2.79. The van der Waals surface area contributed by atoms with E-state index in [1.165, 1.54) is 11.3 Å². The monoisotopic (exact) mass is 371 g/mol. The van der Waals surface area contributed by atoms with Gasteiger partial charge in [-0.2, -0.15) is 0 Å². The molecule has 0 atom stereocenters. The standard InChI is InChI=1S/C15H15BrClNOS/c1-3-18(9-13-4-5-14(17)20-13)15(19)11-6-10(2)7-12(16)8-11/h4-8H,3,9H2,1-2H3. The summed E-state index contributed by atoms with van der Waals surface area (Å²) in [6.07, 6.45) is 0. The molecular weight excluding hydrogens is 358 g/mol. The highest BCUT2D eigenvalue weighted by Crippen LogP contribution is 2.24. The third kappa shape index (κ3) is 3.84. The van der Waals surface area contributed by atoms with Crippen LogP contribution in [0.25, 0.3) is 0 Å². The summed E-state index contributed by atoms with van der Waals surface area (Å²) in [4.78, 5) is 15.5. The van der Waals surface area contributed by atoms with Crippen LogP contribution >= 0.6 is 38.9 Å². The van der Waals surface area contributed by atoms with Crippen molar-refractivity contribution in [3.05, 3.63) is 55.1 Å². The predicted molar refractivity (Wildman–Crippen MR) is 88.6 cm³/mol. The quantitative estimate of drug-likeness (QED) is 0.728. The summed E-state index contributed by atoms with van der Waals surface area (Å²) < 4.78 is 1.68. The van der Waals surface area contributed by atoms with Crippen LogP contribution in [-0.2, 0) is 6.54 Å². The van der Waals surface area contributed by atoms with Gasteiger partial charge in [-0.05, 0) is 49.7 Å². The number of aryl methyl sites for hydroxylation is 1. The van der Waals surface area contributed by atoms with Crippen LogP contribution in [0.2, 0.25) is 4.34 Å². The van der Waals surface area contributed by atoms with E-state index in [2.05, 4.69) is 15.9 Å². The fourth-order valence-electron chi connectivity index (χ4n) is 1.99. The van der Waals surface area contributed by atoms with E-state index in [-0.39, 0.29) is 5.91 Å². The number of benzene rings is 1. The van der Waals surface area contributed by atoms with Crippen molar-refractivity contribution in [2.75, 3.05) is 6.54 Å². The molecule has 0 unspecified atom stereocenters. The van der Waals surface area contributed by atoms with Crippen LogP contribution in [0.3, 0.4) is 0 Å². The summed E-state index contributed by atoms with van der Waals surface area (Å²) in [5, 5.41) is 0. The summed E-state index contributed by atoms with van der Waals surface area (Å²) in [5.74, 6) is 0.0430. The Morgan fingerprint density at radius 3 is 2.65 bits per heavy atom. The zero-order chi connectivity index (χ0) is 14.7. The van der Waals surface area contributed by atoms with Gasteiger partial charge in [0, 0.05) is 21.5 Å². The fourth-order valence-corrected chi connectivity index (χ4v) is 3.71. The van der Waals surface area contributed by atoms with E-state index < -0.39 is 0 Å². The molecule has 2 aromatic rings. The Bertz CT molecular complexity index is 606. The molecule has 0 bridgehead atoms. The number of hydrogen-bond donors (Lipinski definition) is 0. The highest BCUT2D eigenvalue weighted by atomic mass is 79.9. The molecule has 106 valence electrons. The molecule has 20 heavy (non-hydrogen) atoms. The predicted octanol–water partition coefficient (Wildman–Crippen LogP) is 5.13. The van der Waals surface area contributed by atoms with E-state index in [0.29, 0.717) is 18.7 Å². The first-order chi connectivity index (χ1) is 9.49. The van der Waals surface area contributed by atoms with Crippen molar-refractivity contribution in [2.24, 2.45) is 0 Å². The van der Waals surface area contributed by atoms with E-state index in [1.54, 1.807) is 0 Å². The average molecular weight is 373 g/mol. The van der Waals surface area contributed by atoms with E-state index in [4.69, 9.17) is 11.6 Å². The van der Waals surface area contributed by atoms with Gasteiger partial charge in [0.25, 0.3) is 5.91 Å². The van der Waals surface area contributed by atoms with Crippen LogP contribution in [0.5, 0.6) is 0 Å². The Balaban J connectivity index is 2.20.